The fourth-order valence-corrected chi connectivity index (χ4v) is 4.86. The molecule has 4 heterocycles. The number of likely N-dealkylation sites (tertiary alicyclic amines) is 1. The average Bonchev–Trinajstić information content (AvgIpc) is 3.28. The zero-order valence-electron chi connectivity index (χ0n) is 21.2. The molecule has 0 bridgehead atoms. The van der Waals surface area contributed by atoms with Crippen molar-refractivity contribution >= 4 is 93.2 Å². The molecule has 7 nitrogen and oxygen atoms in total. The second kappa shape index (κ2) is 10.1. The minimum absolute atomic E-state index is 0.213. The van der Waals surface area contributed by atoms with E-state index in [1.54, 1.807) is 28.0 Å². The van der Waals surface area contributed by atoms with Gasteiger partial charge in [0.1, 0.15) is 5.82 Å². The second-order valence-electron chi connectivity index (χ2n) is 10.1. The van der Waals surface area contributed by atoms with E-state index in [1.807, 2.05) is 25.4 Å². The van der Waals surface area contributed by atoms with Gasteiger partial charge in [0.25, 0.3) is 0 Å². The number of hydrogen-bond donors (Lipinski definition) is 1. The maximum absolute atomic E-state index is 13.1. The van der Waals surface area contributed by atoms with E-state index in [1.165, 1.54) is 0 Å². The Kier molecular flexibility index (Phi) is 7.63. The van der Waals surface area contributed by atoms with Crippen molar-refractivity contribution in [2.75, 3.05) is 18.4 Å². The van der Waals surface area contributed by atoms with Crippen LogP contribution in [0.5, 0.6) is 0 Å². The number of piperidine rings is 1. The first kappa shape index (κ1) is 28.8. The Morgan fingerprint density at radius 2 is 1.61 bits per heavy atom. The second-order valence-corrected chi connectivity index (χ2v) is 10.1. The smallest absolute Gasteiger partial charge is 0.228 e. The standard InChI is InChI=1S/C22H19B9N6O/c1-36-11-14(10-33-36)15-3-2-13-9-32-17(8-16(13)34-15)35-18(38)12-4-6-37(7-5-12)22(30,31)19(23,20(24,25)26)21(27,28)29/h2-3,8-12H,4-7H2,1H3,(H,32,35,38). The summed E-state index contributed by atoms with van der Waals surface area (Å²) in [5.41, 5.74) is 2.33. The van der Waals surface area contributed by atoms with Gasteiger partial charge in [-0.15, -0.1) is 10.2 Å². The topological polar surface area (TPSA) is 75.9 Å². The summed E-state index contributed by atoms with van der Waals surface area (Å²) in [6.45, 7) is 0.495. The molecule has 170 valence electrons. The van der Waals surface area contributed by atoms with Gasteiger partial charge >= 0.3 is 0 Å². The van der Waals surface area contributed by atoms with Gasteiger partial charge in [-0.3, -0.25) is 9.48 Å². The molecule has 3 aromatic rings. The molecule has 4 rings (SSSR count). The number of rotatable bonds is 7. The van der Waals surface area contributed by atoms with Crippen LogP contribution in [0.2, 0.25) is 15.5 Å². The van der Waals surface area contributed by atoms with E-state index in [0.717, 1.165) is 16.6 Å². The summed E-state index contributed by atoms with van der Waals surface area (Å²) >= 11 is 0. The number of amides is 1. The Bertz CT molecular complexity index is 1310. The molecule has 0 saturated carbocycles. The quantitative estimate of drug-likeness (QED) is 0.446. The lowest BCUT2D eigenvalue weighted by atomic mass is 9.09. The zero-order valence-corrected chi connectivity index (χ0v) is 21.2. The van der Waals surface area contributed by atoms with Crippen LogP contribution in [0.25, 0.3) is 22.2 Å². The maximum Gasteiger partial charge on any atom is 0.228 e. The van der Waals surface area contributed by atoms with Crippen LogP contribution >= 0.6 is 0 Å². The van der Waals surface area contributed by atoms with E-state index >= 15 is 0 Å². The van der Waals surface area contributed by atoms with Crippen molar-refractivity contribution in [3.05, 3.63) is 36.8 Å². The third kappa shape index (κ3) is 5.17. The molecular formula is C22H19B9N6O. The molecule has 0 atom stereocenters. The molecule has 16 heteroatoms. The molecule has 1 aliphatic heterocycles. The Labute approximate surface area is 235 Å². The largest absolute Gasteiger partial charge is 0.315 e. The molecule has 0 aromatic carbocycles. The minimum atomic E-state index is -2.23. The number of hydrogen-bond acceptors (Lipinski definition) is 5. The Hall–Kier alpha value is -2.22. The first-order chi connectivity index (χ1) is 17.5. The molecule has 3 aromatic heterocycles. The average molecular weight is 481 g/mol. The van der Waals surface area contributed by atoms with Crippen LogP contribution in [-0.4, -0.2) is 120 Å². The summed E-state index contributed by atoms with van der Waals surface area (Å²) in [5.74, 6) is -0.194. The van der Waals surface area contributed by atoms with Gasteiger partial charge < -0.3 is 10.2 Å². The van der Waals surface area contributed by atoms with E-state index in [4.69, 9.17) is 70.6 Å². The van der Waals surface area contributed by atoms with Crippen molar-refractivity contribution in [1.82, 2.24) is 24.6 Å². The Morgan fingerprint density at radius 3 is 2.16 bits per heavy atom. The molecule has 1 saturated heterocycles. The summed E-state index contributed by atoms with van der Waals surface area (Å²) in [6, 6.07) is 5.54. The molecular weight excluding hydrogens is 462 g/mol. The molecule has 1 fully saturated rings. The summed E-state index contributed by atoms with van der Waals surface area (Å²) in [4.78, 5) is 23.7. The number of nitrogens with zero attached hydrogens (tertiary/aromatic N) is 5. The van der Waals surface area contributed by atoms with E-state index in [9.17, 15) is 4.79 Å². The highest BCUT2D eigenvalue weighted by atomic mass is 16.1. The van der Waals surface area contributed by atoms with E-state index in [2.05, 4.69) is 20.4 Å². The highest BCUT2D eigenvalue weighted by molar-refractivity contribution is 6.71. The Balaban J connectivity index is 1.45. The summed E-state index contributed by atoms with van der Waals surface area (Å²) < 4.78 is 1.70. The fraction of sp³-hybridized carbons (Fsp3) is 0.455. The number of anilines is 1. The summed E-state index contributed by atoms with van der Waals surface area (Å²) in [5, 5.41) is -0.787. The zero-order chi connectivity index (χ0) is 28.1. The van der Waals surface area contributed by atoms with E-state index in [-0.39, 0.29) is 24.9 Å². The number of nitrogens with one attached hydrogen (secondary N) is 1. The van der Waals surface area contributed by atoms with Gasteiger partial charge in [0.15, 0.2) is 0 Å². The monoisotopic (exact) mass is 482 g/mol. The van der Waals surface area contributed by atoms with Gasteiger partial charge in [0.05, 0.1) is 88.0 Å². The first-order valence-corrected chi connectivity index (χ1v) is 12.0. The number of fused-ring (bicyclic) bond motifs is 1. The molecule has 0 spiro atoms. The highest BCUT2D eigenvalue weighted by Crippen LogP contribution is 2.61. The van der Waals surface area contributed by atoms with Gasteiger partial charge in [0, 0.05) is 42.4 Å². The molecule has 0 unspecified atom stereocenters. The molecule has 38 heavy (non-hydrogen) atoms. The summed E-state index contributed by atoms with van der Waals surface area (Å²) in [6.07, 6.45) is 6.03. The van der Waals surface area contributed by atoms with Crippen molar-refractivity contribution in [3.8, 4) is 11.3 Å². The van der Waals surface area contributed by atoms with Crippen LogP contribution in [-0.2, 0) is 11.8 Å². The molecule has 0 aliphatic carbocycles. The van der Waals surface area contributed by atoms with Crippen molar-refractivity contribution in [3.63, 3.8) is 0 Å². The third-order valence-electron chi connectivity index (χ3n) is 7.21. The van der Waals surface area contributed by atoms with E-state index < -0.39 is 20.9 Å². The van der Waals surface area contributed by atoms with Crippen molar-refractivity contribution in [1.29, 1.82) is 0 Å². The number of carbonyl (C=O) groups excluding carboxylic acids is 1. The predicted molar refractivity (Wildman–Crippen MR) is 157 cm³/mol. The predicted octanol–water partition coefficient (Wildman–Crippen LogP) is -0.843. The van der Waals surface area contributed by atoms with Gasteiger partial charge in [-0.25, -0.2) is 9.97 Å². The van der Waals surface area contributed by atoms with E-state index in [0.29, 0.717) is 24.2 Å². The lowest BCUT2D eigenvalue weighted by Gasteiger charge is -2.68. The number of aryl methyl sites for hydroxylation is 1. The third-order valence-corrected chi connectivity index (χ3v) is 7.21. The van der Waals surface area contributed by atoms with Crippen molar-refractivity contribution in [2.24, 2.45) is 13.0 Å². The molecule has 1 N–H and O–H groups in total. The van der Waals surface area contributed by atoms with Crippen LogP contribution in [0.3, 0.4) is 0 Å². The van der Waals surface area contributed by atoms with Gasteiger partial charge in [-0.1, -0.05) is 10.7 Å². The molecule has 1 amide bonds. The highest BCUT2D eigenvalue weighted by Gasteiger charge is 2.54. The summed E-state index contributed by atoms with van der Waals surface area (Å²) in [7, 11) is 56.1. The van der Waals surface area contributed by atoms with Gasteiger partial charge in [-0.05, 0) is 38.1 Å². The van der Waals surface area contributed by atoms with Crippen molar-refractivity contribution < 1.29 is 4.79 Å². The van der Waals surface area contributed by atoms with Crippen LogP contribution < -0.4 is 5.32 Å². The molecule has 18 radical (unpaired) electrons. The lowest BCUT2D eigenvalue weighted by Crippen LogP contribution is -2.67. The number of pyridine rings is 2. The first-order valence-electron chi connectivity index (χ1n) is 12.0. The lowest BCUT2D eigenvalue weighted by molar-refractivity contribution is -0.121. The number of carbonyl (C=O) groups is 1. The minimum Gasteiger partial charge on any atom is -0.315 e. The van der Waals surface area contributed by atoms with Crippen LogP contribution in [0, 0.1) is 5.92 Å². The number of aromatic nitrogens is 4. The van der Waals surface area contributed by atoms with Crippen LogP contribution in [0.4, 0.5) is 5.82 Å². The van der Waals surface area contributed by atoms with Crippen molar-refractivity contribution in [2.45, 2.75) is 33.7 Å². The SMILES string of the molecule is [B]C([B])([B])C([B])(C([B])([B])[B])C([B])([B])N1CCC(C(=O)Nc2cc3nc(-c4cnn(C)c4)ccc3cn2)CC1. The van der Waals surface area contributed by atoms with Crippen LogP contribution in [0.1, 0.15) is 12.8 Å². The normalized spacial score (nSPS) is 16.4. The van der Waals surface area contributed by atoms with Crippen LogP contribution in [0.15, 0.2) is 36.8 Å². The fourth-order valence-electron chi connectivity index (χ4n) is 4.86. The van der Waals surface area contributed by atoms with Gasteiger partial charge in [0.2, 0.25) is 5.91 Å². The Morgan fingerprint density at radius 1 is 0.974 bits per heavy atom. The maximum atomic E-state index is 13.1. The van der Waals surface area contributed by atoms with Gasteiger partial charge in [-0.2, -0.15) is 5.10 Å². The molecule has 1 aliphatic rings.